The van der Waals surface area contributed by atoms with Crippen LogP contribution in [0.2, 0.25) is 0 Å². The summed E-state index contributed by atoms with van der Waals surface area (Å²) in [5.74, 6) is 1.24. The summed E-state index contributed by atoms with van der Waals surface area (Å²) in [6.45, 7) is 3.76. The fraction of sp³-hybridized carbons (Fsp3) is 0.533. The highest BCUT2D eigenvalue weighted by atomic mass is 35.5. The minimum Gasteiger partial charge on any atom is -0.496 e. The zero-order valence-corrected chi connectivity index (χ0v) is 13.5. The molecular weight excluding hydrogens is 292 g/mol. The van der Waals surface area contributed by atoms with Gasteiger partial charge in [0, 0.05) is 23.7 Å². The van der Waals surface area contributed by atoms with Crippen molar-refractivity contribution in [1.82, 2.24) is 10.6 Å². The largest absolute Gasteiger partial charge is 0.496 e. The molecule has 1 amide bonds. The van der Waals surface area contributed by atoms with Gasteiger partial charge in [-0.3, -0.25) is 4.79 Å². The molecule has 0 saturated carbocycles. The zero-order valence-electron chi connectivity index (χ0n) is 12.7. The first-order chi connectivity index (χ1) is 9.65. The van der Waals surface area contributed by atoms with E-state index in [2.05, 4.69) is 10.6 Å². The Morgan fingerprint density at radius 1 is 1.29 bits per heavy atom. The predicted molar refractivity (Wildman–Crippen MR) is 84.9 cm³/mol. The highest BCUT2D eigenvalue weighted by Crippen LogP contribution is 2.29. The molecule has 6 heteroatoms. The Kier molecular flexibility index (Phi) is 6.78. The van der Waals surface area contributed by atoms with E-state index in [1.807, 2.05) is 6.92 Å². The maximum atomic E-state index is 12.3. The molecule has 0 bridgehead atoms. The van der Waals surface area contributed by atoms with Crippen molar-refractivity contribution in [1.29, 1.82) is 0 Å². The summed E-state index contributed by atoms with van der Waals surface area (Å²) in [6, 6.07) is 3.70. The molecule has 1 aliphatic heterocycles. The Morgan fingerprint density at radius 2 is 1.90 bits per heavy atom. The number of carbonyl (C=O) groups is 1. The van der Waals surface area contributed by atoms with Crippen molar-refractivity contribution in [3.05, 3.63) is 23.3 Å². The Balaban J connectivity index is 0.00000220. The van der Waals surface area contributed by atoms with Crippen molar-refractivity contribution < 1.29 is 14.3 Å². The number of ether oxygens (including phenoxy) is 2. The van der Waals surface area contributed by atoms with Gasteiger partial charge in [-0.2, -0.15) is 0 Å². The van der Waals surface area contributed by atoms with Crippen LogP contribution in [0, 0.1) is 6.92 Å². The zero-order chi connectivity index (χ0) is 14.5. The van der Waals surface area contributed by atoms with Gasteiger partial charge in [0.25, 0.3) is 5.91 Å². The van der Waals surface area contributed by atoms with Crippen molar-refractivity contribution in [3.63, 3.8) is 0 Å². The maximum absolute atomic E-state index is 12.3. The molecule has 118 valence electrons. The number of benzene rings is 1. The highest BCUT2D eigenvalue weighted by Gasteiger charge is 2.18. The van der Waals surface area contributed by atoms with Gasteiger partial charge in [0.05, 0.1) is 14.2 Å². The van der Waals surface area contributed by atoms with E-state index in [4.69, 9.17) is 9.47 Å². The summed E-state index contributed by atoms with van der Waals surface area (Å²) in [4.78, 5) is 12.3. The van der Waals surface area contributed by atoms with Gasteiger partial charge in [0.1, 0.15) is 11.5 Å². The average molecular weight is 315 g/mol. The number of piperidine rings is 1. The SMILES string of the molecule is COc1cc(C(=O)NC2CCCNC2)cc(OC)c1C.Cl. The average Bonchev–Trinajstić information content (AvgIpc) is 2.48. The molecule has 21 heavy (non-hydrogen) atoms. The van der Waals surface area contributed by atoms with Gasteiger partial charge in [-0.15, -0.1) is 12.4 Å². The summed E-state index contributed by atoms with van der Waals surface area (Å²) in [5, 5.41) is 6.33. The van der Waals surface area contributed by atoms with E-state index < -0.39 is 0 Å². The maximum Gasteiger partial charge on any atom is 0.251 e. The molecule has 1 atom stereocenters. The fourth-order valence-corrected chi connectivity index (χ4v) is 2.46. The number of rotatable bonds is 4. The Bertz CT molecular complexity index is 463. The summed E-state index contributed by atoms with van der Waals surface area (Å²) in [6.07, 6.45) is 2.10. The number of carbonyl (C=O) groups excluding carboxylic acids is 1. The first-order valence-electron chi connectivity index (χ1n) is 6.90. The second kappa shape index (κ2) is 8.10. The van der Waals surface area contributed by atoms with Crippen molar-refractivity contribution in [2.75, 3.05) is 27.3 Å². The van der Waals surface area contributed by atoms with Gasteiger partial charge in [-0.1, -0.05) is 0 Å². The van der Waals surface area contributed by atoms with Gasteiger partial charge in [0.2, 0.25) is 0 Å². The molecule has 1 fully saturated rings. The molecular formula is C15H23ClN2O3. The summed E-state index contributed by atoms with van der Waals surface area (Å²) in [5.41, 5.74) is 1.46. The lowest BCUT2D eigenvalue weighted by molar-refractivity contribution is 0.0930. The lowest BCUT2D eigenvalue weighted by Gasteiger charge is -2.24. The number of halogens is 1. The van der Waals surface area contributed by atoms with Crippen LogP contribution < -0.4 is 20.1 Å². The van der Waals surface area contributed by atoms with Gasteiger partial charge in [0.15, 0.2) is 0 Å². The van der Waals surface area contributed by atoms with E-state index >= 15 is 0 Å². The first-order valence-corrected chi connectivity index (χ1v) is 6.90. The number of methoxy groups -OCH3 is 2. The molecule has 0 spiro atoms. The molecule has 1 unspecified atom stereocenters. The van der Waals surface area contributed by atoms with E-state index in [1.165, 1.54) is 0 Å². The standard InChI is InChI=1S/C15H22N2O3.ClH/c1-10-13(19-2)7-11(8-14(10)20-3)15(18)17-12-5-4-6-16-9-12;/h7-8,12,16H,4-6,9H2,1-3H3,(H,17,18);1H. The number of hydrogen-bond acceptors (Lipinski definition) is 4. The monoisotopic (exact) mass is 314 g/mol. The minimum atomic E-state index is -0.0877. The van der Waals surface area contributed by atoms with E-state index in [-0.39, 0.29) is 24.4 Å². The molecule has 5 nitrogen and oxygen atoms in total. The van der Waals surface area contributed by atoms with Crippen LogP contribution in [0.15, 0.2) is 12.1 Å². The lowest BCUT2D eigenvalue weighted by Crippen LogP contribution is -2.45. The van der Waals surface area contributed by atoms with E-state index in [9.17, 15) is 4.79 Å². The third-order valence-electron chi connectivity index (χ3n) is 3.65. The number of amides is 1. The van der Waals surface area contributed by atoms with Crippen LogP contribution in [-0.2, 0) is 0 Å². The molecule has 0 aromatic heterocycles. The topological polar surface area (TPSA) is 59.6 Å². The summed E-state index contributed by atoms with van der Waals surface area (Å²) < 4.78 is 10.6. The van der Waals surface area contributed by atoms with Crippen LogP contribution in [0.4, 0.5) is 0 Å². The Hall–Kier alpha value is -1.46. The van der Waals surface area contributed by atoms with Gasteiger partial charge in [-0.25, -0.2) is 0 Å². The van der Waals surface area contributed by atoms with Gasteiger partial charge in [-0.05, 0) is 38.4 Å². The van der Waals surface area contributed by atoms with Crippen LogP contribution >= 0.6 is 12.4 Å². The highest BCUT2D eigenvalue weighted by molar-refractivity contribution is 5.95. The molecule has 1 saturated heterocycles. The predicted octanol–water partition coefficient (Wildman–Crippen LogP) is 1.92. The van der Waals surface area contributed by atoms with Crippen molar-refractivity contribution in [2.24, 2.45) is 0 Å². The smallest absolute Gasteiger partial charge is 0.251 e. The molecule has 0 radical (unpaired) electrons. The molecule has 1 heterocycles. The molecule has 2 N–H and O–H groups in total. The lowest BCUT2D eigenvalue weighted by atomic mass is 10.1. The van der Waals surface area contributed by atoms with Crippen LogP contribution in [0.3, 0.4) is 0 Å². The fourth-order valence-electron chi connectivity index (χ4n) is 2.46. The first kappa shape index (κ1) is 17.6. The molecule has 0 aliphatic carbocycles. The molecule has 1 aromatic carbocycles. The van der Waals surface area contributed by atoms with Gasteiger partial charge < -0.3 is 20.1 Å². The second-order valence-corrected chi connectivity index (χ2v) is 5.02. The number of hydrogen-bond donors (Lipinski definition) is 2. The number of nitrogens with one attached hydrogen (secondary N) is 2. The van der Waals surface area contributed by atoms with Crippen molar-refractivity contribution in [2.45, 2.75) is 25.8 Å². The van der Waals surface area contributed by atoms with E-state index in [1.54, 1.807) is 26.4 Å². The molecule has 2 rings (SSSR count). The Morgan fingerprint density at radius 3 is 2.38 bits per heavy atom. The normalized spacial score (nSPS) is 17.6. The molecule has 1 aromatic rings. The Labute approximate surface area is 131 Å². The van der Waals surface area contributed by atoms with Crippen LogP contribution in [0.25, 0.3) is 0 Å². The quantitative estimate of drug-likeness (QED) is 0.891. The van der Waals surface area contributed by atoms with E-state index in [0.717, 1.165) is 31.5 Å². The van der Waals surface area contributed by atoms with Crippen LogP contribution in [-0.4, -0.2) is 39.3 Å². The van der Waals surface area contributed by atoms with Crippen molar-refractivity contribution >= 4 is 18.3 Å². The summed E-state index contributed by atoms with van der Waals surface area (Å²) in [7, 11) is 3.18. The van der Waals surface area contributed by atoms with Crippen LogP contribution in [0.5, 0.6) is 11.5 Å². The van der Waals surface area contributed by atoms with Crippen LogP contribution in [0.1, 0.15) is 28.8 Å². The third-order valence-corrected chi connectivity index (χ3v) is 3.65. The summed E-state index contributed by atoms with van der Waals surface area (Å²) >= 11 is 0. The van der Waals surface area contributed by atoms with Crippen molar-refractivity contribution in [3.8, 4) is 11.5 Å². The molecule has 1 aliphatic rings. The van der Waals surface area contributed by atoms with E-state index in [0.29, 0.717) is 17.1 Å². The third kappa shape index (κ3) is 4.25. The van der Waals surface area contributed by atoms with Gasteiger partial charge >= 0.3 is 0 Å². The minimum absolute atomic E-state index is 0. The second-order valence-electron chi connectivity index (χ2n) is 5.02.